The first-order chi connectivity index (χ1) is 5.75. The molecular weight excluding hydrogens is 164 g/mol. The van der Waals surface area contributed by atoms with E-state index in [9.17, 15) is 9.59 Å². The van der Waals surface area contributed by atoms with Gasteiger partial charge in [-0.15, -0.1) is 0 Å². The first-order valence-corrected chi connectivity index (χ1v) is 3.62. The molecule has 2 aliphatic heterocycles. The quantitative estimate of drug-likeness (QED) is 0.543. The van der Waals surface area contributed by atoms with Gasteiger partial charge in [-0.05, 0) is 0 Å². The first-order valence-electron chi connectivity index (χ1n) is 3.62. The Morgan fingerprint density at radius 2 is 1.42 bits per heavy atom. The largest absolute Gasteiger partial charge is 0.447 e. The van der Waals surface area contributed by atoms with E-state index in [1.807, 2.05) is 0 Å². The number of cyclic esters (lactones) is 2. The minimum atomic E-state index is -0.443. The van der Waals surface area contributed by atoms with Gasteiger partial charge >= 0.3 is 12.2 Å². The maximum atomic E-state index is 10.6. The van der Waals surface area contributed by atoms with E-state index in [0.29, 0.717) is 0 Å². The van der Waals surface area contributed by atoms with Gasteiger partial charge in [0.15, 0.2) is 0 Å². The average Bonchev–Trinajstić information content (AvgIpc) is 2.58. The standard InChI is InChI=1S/C6H8N2O4/c9-5-7-3(1-11-5)4-2-12-6(10)8-4/h3-4H,1-2H2,(H,7,9)(H,8,10)/t3-,4?/m0/s1. The lowest BCUT2D eigenvalue weighted by Gasteiger charge is -2.12. The van der Waals surface area contributed by atoms with E-state index in [1.165, 1.54) is 0 Å². The average molecular weight is 172 g/mol. The summed E-state index contributed by atoms with van der Waals surface area (Å²) in [6, 6.07) is -0.326. The predicted molar refractivity (Wildman–Crippen MR) is 36.5 cm³/mol. The number of carbonyl (C=O) groups excluding carboxylic acids is 2. The van der Waals surface area contributed by atoms with E-state index < -0.39 is 12.2 Å². The molecule has 2 fully saturated rings. The molecule has 2 saturated heterocycles. The third-order valence-electron chi connectivity index (χ3n) is 1.88. The molecule has 0 bridgehead atoms. The SMILES string of the molecule is O=C1NC([C@@H]2COC(=O)N2)CO1. The molecule has 1 unspecified atom stereocenters. The van der Waals surface area contributed by atoms with Crippen LogP contribution in [-0.2, 0) is 9.47 Å². The molecule has 0 saturated carbocycles. The minimum Gasteiger partial charge on any atom is -0.447 e. The van der Waals surface area contributed by atoms with Crippen molar-refractivity contribution in [2.75, 3.05) is 13.2 Å². The van der Waals surface area contributed by atoms with E-state index in [0.717, 1.165) is 0 Å². The normalized spacial score (nSPS) is 33.7. The zero-order chi connectivity index (χ0) is 8.55. The Morgan fingerprint density at radius 3 is 1.67 bits per heavy atom. The number of ether oxygens (including phenoxy) is 2. The number of hydrogen-bond donors (Lipinski definition) is 2. The summed E-state index contributed by atoms with van der Waals surface area (Å²) in [5.41, 5.74) is 0. The van der Waals surface area contributed by atoms with Crippen LogP contribution in [0.1, 0.15) is 0 Å². The third-order valence-corrected chi connectivity index (χ3v) is 1.88. The molecule has 2 heterocycles. The van der Waals surface area contributed by atoms with Gasteiger partial charge in [0.05, 0.1) is 12.1 Å². The molecule has 0 aromatic heterocycles. The Morgan fingerprint density at radius 1 is 1.00 bits per heavy atom. The van der Waals surface area contributed by atoms with Crippen LogP contribution in [0.15, 0.2) is 0 Å². The molecule has 0 aromatic rings. The lowest BCUT2D eigenvalue weighted by molar-refractivity contribution is 0.171. The van der Waals surface area contributed by atoms with Gasteiger partial charge in [0.25, 0.3) is 0 Å². The van der Waals surface area contributed by atoms with Crippen LogP contribution >= 0.6 is 0 Å². The fraction of sp³-hybridized carbons (Fsp3) is 0.667. The molecule has 0 radical (unpaired) electrons. The lowest BCUT2D eigenvalue weighted by Crippen LogP contribution is -2.45. The zero-order valence-corrected chi connectivity index (χ0v) is 6.20. The Hall–Kier alpha value is -1.46. The molecule has 6 heteroatoms. The summed E-state index contributed by atoms with van der Waals surface area (Å²) < 4.78 is 9.31. The lowest BCUT2D eigenvalue weighted by atomic mass is 10.1. The summed E-state index contributed by atoms with van der Waals surface area (Å²) in [4.78, 5) is 21.2. The van der Waals surface area contributed by atoms with Crippen LogP contribution in [0, 0.1) is 0 Å². The molecule has 2 atom stereocenters. The topological polar surface area (TPSA) is 76.7 Å². The molecule has 2 rings (SSSR count). The van der Waals surface area contributed by atoms with Crippen molar-refractivity contribution in [1.29, 1.82) is 0 Å². The molecule has 6 nitrogen and oxygen atoms in total. The number of alkyl carbamates (subject to hydrolysis) is 2. The second-order valence-electron chi connectivity index (χ2n) is 2.70. The van der Waals surface area contributed by atoms with Crippen molar-refractivity contribution >= 4 is 12.2 Å². The van der Waals surface area contributed by atoms with E-state index in [2.05, 4.69) is 20.1 Å². The van der Waals surface area contributed by atoms with Crippen LogP contribution in [0.5, 0.6) is 0 Å². The van der Waals surface area contributed by atoms with E-state index >= 15 is 0 Å². The van der Waals surface area contributed by atoms with Crippen LogP contribution in [-0.4, -0.2) is 37.5 Å². The van der Waals surface area contributed by atoms with E-state index in [1.54, 1.807) is 0 Å². The molecular formula is C6H8N2O4. The van der Waals surface area contributed by atoms with Crippen molar-refractivity contribution in [1.82, 2.24) is 10.6 Å². The Labute approximate surface area is 68.2 Å². The second-order valence-corrected chi connectivity index (χ2v) is 2.70. The Kier molecular flexibility index (Phi) is 1.53. The monoisotopic (exact) mass is 172 g/mol. The smallest absolute Gasteiger partial charge is 0.407 e. The van der Waals surface area contributed by atoms with Crippen molar-refractivity contribution in [3.8, 4) is 0 Å². The fourth-order valence-corrected chi connectivity index (χ4v) is 1.23. The molecule has 0 spiro atoms. The molecule has 66 valence electrons. The third kappa shape index (κ3) is 1.15. The Balaban J connectivity index is 1.93. The van der Waals surface area contributed by atoms with Crippen LogP contribution in [0.3, 0.4) is 0 Å². The summed E-state index contributed by atoms with van der Waals surface area (Å²) in [5, 5.41) is 5.12. The minimum absolute atomic E-state index is 0.163. The van der Waals surface area contributed by atoms with E-state index in [-0.39, 0.29) is 25.3 Å². The van der Waals surface area contributed by atoms with Gasteiger partial charge in [-0.2, -0.15) is 0 Å². The summed E-state index contributed by atoms with van der Waals surface area (Å²) in [5.74, 6) is 0. The van der Waals surface area contributed by atoms with Crippen LogP contribution < -0.4 is 10.6 Å². The highest BCUT2D eigenvalue weighted by Gasteiger charge is 2.35. The predicted octanol–water partition coefficient (Wildman–Crippen LogP) is -0.797. The number of nitrogens with one attached hydrogen (secondary N) is 2. The summed E-state index contributed by atoms with van der Waals surface area (Å²) in [6.07, 6.45) is -0.887. The summed E-state index contributed by atoms with van der Waals surface area (Å²) in [6.45, 7) is 0.570. The van der Waals surface area contributed by atoms with Gasteiger partial charge in [-0.1, -0.05) is 0 Å². The van der Waals surface area contributed by atoms with Crippen LogP contribution in [0.25, 0.3) is 0 Å². The summed E-state index contributed by atoms with van der Waals surface area (Å²) in [7, 11) is 0. The van der Waals surface area contributed by atoms with E-state index in [4.69, 9.17) is 0 Å². The van der Waals surface area contributed by atoms with Gasteiger partial charge in [0.1, 0.15) is 13.2 Å². The molecule has 2 amide bonds. The number of hydrogen-bond acceptors (Lipinski definition) is 4. The van der Waals surface area contributed by atoms with Crippen LogP contribution in [0.4, 0.5) is 9.59 Å². The van der Waals surface area contributed by atoms with Crippen molar-refractivity contribution in [2.45, 2.75) is 12.1 Å². The Bertz CT molecular complexity index is 206. The van der Waals surface area contributed by atoms with Crippen molar-refractivity contribution in [2.24, 2.45) is 0 Å². The number of amides is 2. The second kappa shape index (κ2) is 2.54. The highest BCUT2D eigenvalue weighted by Crippen LogP contribution is 2.07. The van der Waals surface area contributed by atoms with Crippen LogP contribution in [0.2, 0.25) is 0 Å². The van der Waals surface area contributed by atoms with Crippen molar-refractivity contribution < 1.29 is 19.1 Å². The highest BCUT2D eigenvalue weighted by molar-refractivity contribution is 5.72. The van der Waals surface area contributed by atoms with Gasteiger partial charge in [0.2, 0.25) is 0 Å². The molecule has 0 aliphatic carbocycles. The number of carbonyl (C=O) groups is 2. The van der Waals surface area contributed by atoms with Gasteiger partial charge in [-0.3, -0.25) is 0 Å². The first kappa shape index (κ1) is 7.20. The maximum Gasteiger partial charge on any atom is 0.407 e. The maximum absolute atomic E-state index is 10.6. The molecule has 0 aromatic carbocycles. The molecule has 2 N–H and O–H groups in total. The van der Waals surface area contributed by atoms with Gasteiger partial charge in [-0.25, -0.2) is 9.59 Å². The fourth-order valence-electron chi connectivity index (χ4n) is 1.23. The van der Waals surface area contributed by atoms with Crippen molar-refractivity contribution in [3.05, 3.63) is 0 Å². The van der Waals surface area contributed by atoms with Gasteiger partial charge < -0.3 is 20.1 Å². The zero-order valence-electron chi connectivity index (χ0n) is 6.20. The molecule has 2 aliphatic rings. The van der Waals surface area contributed by atoms with Gasteiger partial charge in [0, 0.05) is 0 Å². The van der Waals surface area contributed by atoms with Crippen molar-refractivity contribution in [3.63, 3.8) is 0 Å². The highest BCUT2D eigenvalue weighted by atomic mass is 16.6. The number of rotatable bonds is 1. The molecule has 12 heavy (non-hydrogen) atoms. The summed E-state index contributed by atoms with van der Waals surface area (Å²) >= 11 is 0.